The van der Waals surface area contributed by atoms with Gasteiger partial charge in [-0.1, -0.05) is 30.2 Å². The minimum atomic E-state index is 0.454. The molecule has 0 radical (unpaired) electrons. The molecule has 1 aliphatic rings. The van der Waals surface area contributed by atoms with Gasteiger partial charge in [0.05, 0.1) is 12.1 Å². The molecule has 3 heterocycles. The lowest BCUT2D eigenvalue weighted by molar-refractivity contribution is 0.122. The van der Waals surface area contributed by atoms with E-state index >= 15 is 0 Å². The number of aromatic nitrogens is 4. The lowest BCUT2D eigenvalue weighted by Crippen LogP contribution is -2.41. The molecule has 1 fully saturated rings. The van der Waals surface area contributed by atoms with Crippen molar-refractivity contribution in [2.75, 3.05) is 6.54 Å². The van der Waals surface area contributed by atoms with Crippen LogP contribution in [-0.4, -0.2) is 37.2 Å². The monoisotopic (exact) mass is 341 g/mol. The number of halogens is 1. The molecule has 0 N–H and O–H groups in total. The number of piperidine rings is 1. The molecule has 0 unspecified atom stereocenters. The van der Waals surface area contributed by atoms with Gasteiger partial charge in [-0.05, 0) is 31.5 Å². The van der Waals surface area contributed by atoms with Crippen LogP contribution in [0.1, 0.15) is 24.8 Å². The predicted octanol–water partition coefficient (Wildman–Crippen LogP) is 3.53. The molecular formula is C18H20ClN5. The average Bonchev–Trinajstić information content (AvgIpc) is 3.12. The number of benzene rings is 1. The molecule has 4 rings (SSSR count). The van der Waals surface area contributed by atoms with Crippen LogP contribution in [0.25, 0.3) is 10.9 Å². The molecule has 1 saturated heterocycles. The van der Waals surface area contributed by atoms with Gasteiger partial charge in [0.1, 0.15) is 12.7 Å². The first-order chi connectivity index (χ1) is 11.8. The number of likely N-dealkylation sites (tertiary alicyclic amines) is 1. The normalized spacial score (nSPS) is 19.0. The molecule has 1 atom stereocenters. The molecule has 5 nitrogen and oxygen atoms in total. The van der Waals surface area contributed by atoms with E-state index in [0.29, 0.717) is 6.04 Å². The van der Waals surface area contributed by atoms with E-state index in [9.17, 15) is 0 Å². The maximum Gasteiger partial charge on any atom is 0.137 e. The van der Waals surface area contributed by atoms with E-state index < -0.39 is 0 Å². The van der Waals surface area contributed by atoms with E-state index in [1.807, 2.05) is 29.1 Å². The number of fused-ring (bicyclic) bond motifs is 1. The Hall–Kier alpha value is -1.98. The first-order valence-electron chi connectivity index (χ1n) is 8.40. The second kappa shape index (κ2) is 6.87. The maximum absolute atomic E-state index is 6.52. The molecule has 3 aromatic rings. The number of rotatable bonds is 4. The van der Waals surface area contributed by atoms with Crippen LogP contribution in [0.5, 0.6) is 0 Å². The summed E-state index contributed by atoms with van der Waals surface area (Å²) in [5.74, 6) is 0. The van der Waals surface area contributed by atoms with Gasteiger partial charge in [0.15, 0.2) is 0 Å². The molecule has 2 aromatic heterocycles. The minimum Gasteiger partial charge on any atom is -0.294 e. The van der Waals surface area contributed by atoms with Gasteiger partial charge in [-0.25, -0.2) is 4.98 Å². The van der Waals surface area contributed by atoms with Gasteiger partial charge in [0.2, 0.25) is 0 Å². The van der Waals surface area contributed by atoms with Gasteiger partial charge in [-0.3, -0.25) is 14.6 Å². The predicted molar refractivity (Wildman–Crippen MR) is 94.8 cm³/mol. The molecule has 1 aromatic carbocycles. The fourth-order valence-corrected chi connectivity index (χ4v) is 3.76. The zero-order valence-electron chi connectivity index (χ0n) is 13.5. The highest BCUT2D eigenvalue weighted by Gasteiger charge is 2.24. The Balaban J connectivity index is 1.62. The lowest BCUT2D eigenvalue weighted by atomic mass is 10.0. The summed E-state index contributed by atoms with van der Waals surface area (Å²) in [5, 5.41) is 6.20. The standard InChI is InChI=1S/C18H20ClN5/c19-17-7-6-14-4-3-8-21-18(14)16(17)11-23-9-2-1-5-15(23)10-24-13-20-12-22-24/h3-4,6-8,12-13,15H,1-2,5,9-11H2/t15-/m0/s1. The summed E-state index contributed by atoms with van der Waals surface area (Å²) in [7, 11) is 0. The Morgan fingerprint density at radius 3 is 3.04 bits per heavy atom. The summed E-state index contributed by atoms with van der Waals surface area (Å²) in [5.41, 5.74) is 2.13. The molecule has 1 aliphatic heterocycles. The van der Waals surface area contributed by atoms with Crippen molar-refractivity contribution in [2.24, 2.45) is 0 Å². The van der Waals surface area contributed by atoms with Crippen LogP contribution >= 0.6 is 11.6 Å². The Kier molecular flexibility index (Phi) is 4.45. The van der Waals surface area contributed by atoms with Crippen LogP contribution in [0.3, 0.4) is 0 Å². The third-order valence-electron chi connectivity index (χ3n) is 4.80. The van der Waals surface area contributed by atoms with E-state index in [1.54, 1.807) is 12.7 Å². The van der Waals surface area contributed by atoms with E-state index in [0.717, 1.165) is 41.1 Å². The van der Waals surface area contributed by atoms with Crippen LogP contribution in [0.4, 0.5) is 0 Å². The number of nitrogens with zero attached hydrogens (tertiary/aromatic N) is 5. The molecule has 0 amide bonds. The van der Waals surface area contributed by atoms with Gasteiger partial charge in [0.25, 0.3) is 0 Å². The SMILES string of the molecule is Clc1ccc2cccnc2c1CN1CCCC[C@H]1Cn1cncn1. The minimum absolute atomic E-state index is 0.454. The summed E-state index contributed by atoms with van der Waals surface area (Å²) in [6, 6.07) is 8.53. The van der Waals surface area contributed by atoms with E-state index in [-0.39, 0.29) is 0 Å². The highest BCUT2D eigenvalue weighted by molar-refractivity contribution is 6.32. The highest BCUT2D eigenvalue weighted by Crippen LogP contribution is 2.28. The van der Waals surface area contributed by atoms with Crippen LogP contribution in [-0.2, 0) is 13.1 Å². The number of hydrogen-bond donors (Lipinski definition) is 0. The molecule has 6 heteroatoms. The maximum atomic E-state index is 6.52. The van der Waals surface area contributed by atoms with Gasteiger partial charge >= 0.3 is 0 Å². The van der Waals surface area contributed by atoms with Crippen LogP contribution in [0.2, 0.25) is 5.02 Å². The van der Waals surface area contributed by atoms with Crippen molar-refractivity contribution in [1.29, 1.82) is 0 Å². The third-order valence-corrected chi connectivity index (χ3v) is 5.15. The molecule has 0 bridgehead atoms. The van der Waals surface area contributed by atoms with Crippen LogP contribution in [0, 0.1) is 0 Å². The van der Waals surface area contributed by atoms with E-state index in [2.05, 4.69) is 26.0 Å². The summed E-state index contributed by atoms with van der Waals surface area (Å²) >= 11 is 6.52. The quantitative estimate of drug-likeness (QED) is 0.728. The zero-order chi connectivity index (χ0) is 16.4. The topological polar surface area (TPSA) is 46.8 Å². The van der Waals surface area contributed by atoms with E-state index in [4.69, 9.17) is 11.6 Å². The average molecular weight is 342 g/mol. The molecule has 0 saturated carbocycles. The summed E-state index contributed by atoms with van der Waals surface area (Å²) < 4.78 is 1.92. The summed E-state index contributed by atoms with van der Waals surface area (Å²) in [6.07, 6.45) is 8.89. The van der Waals surface area contributed by atoms with Crippen molar-refractivity contribution in [3.05, 3.63) is 53.7 Å². The fraction of sp³-hybridized carbons (Fsp3) is 0.389. The number of pyridine rings is 1. The molecule has 0 spiro atoms. The molecule has 124 valence electrons. The van der Waals surface area contributed by atoms with Gasteiger partial charge in [-0.15, -0.1) is 0 Å². The Morgan fingerprint density at radius 1 is 1.21 bits per heavy atom. The fourth-order valence-electron chi connectivity index (χ4n) is 3.55. The zero-order valence-corrected chi connectivity index (χ0v) is 14.2. The van der Waals surface area contributed by atoms with Crippen molar-refractivity contribution < 1.29 is 0 Å². The van der Waals surface area contributed by atoms with Crippen molar-refractivity contribution in [1.82, 2.24) is 24.6 Å². The lowest BCUT2D eigenvalue weighted by Gasteiger charge is -2.36. The van der Waals surface area contributed by atoms with Crippen molar-refractivity contribution >= 4 is 22.5 Å². The molecule has 0 aliphatic carbocycles. The second-order valence-electron chi connectivity index (χ2n) is 6.34. The van der Waals surface area contributed by atoms with Crippen molar-refractivity contribution in [3.8, 4) is 0 Å². The van der Waals surface area contributed by atoms with Crippen LogP contribution in [0.15, 0.2) is 43.1 Å². The third kappa shape index (κ3) is 3.14. The van der Waals surface area contributed by atoms with Crippen molar-refractivity contribution in [3.63, 3.8) is 0 Å². The van der Waals surface area contributed by atoms with Crippen LogP contribution < -0.4 is 0 Å². The van der Waals surface area contributed by atoms with Gasteiger partial charge in [-0.2, -0.15) is 5.10 Å². The highest BCUT2D eigenvalue weighted by atomic mass is 35.5. The second-order valence-corrected chi connectivity index (χ2v) is 6.75. The molecule has 24 heavy (non-hydrogen) atoms. The Morgan fingerprint density at radius 2 is 2.17 bits per heavy atom. The number of hydrogen-bond acceptors (Lipinski definition) is 4. The van der Waals surface area contributed by atoms with Crippen molar-refractivity contribution in [2.45, 2.75) is 38.4 Å². The first-order valence-corrected chi connectivity index (χ1v) is 8.77. The first kappa shape index (κ1) is 15.5. The Labute approximate surface area is 146 Å². The summed E-state index contributed by atoms with van der Waals surface area (Å²) in [6.45, 7) is 2.78. The van der Waals surface area contributed by atoms with E-state index in [1.165, 1.54) is 19.3 Å². The van der Waals surface area contributed by atoms with Gasteiger partial charge < -0.3 is 0 Å². The largest absolute Gasteiger partial charge is 0.294 e. The Bertz CT molecular complexity index is 817. The smallest absolute Gasteiger partial charge is 0.137 e. The summed E-state index contributed by atoms with van der Waals surface area (Å²) in [4.78, 5) is 11.1. The molecular weight excluding hydrogens is 322 g/mol. The van der Waals surface area contributed by atoms with Gasteiger partial charge in [0, 0.05) is 34.8 Å².